The summed E-state index contributed by atoms with van der Waals surface area (Å²) in [6, 6.07) is 8.54. The van der Waals surface area contributed by atoms with Gasteiger partial charge >= 0.3 is 0 Å². The van der Waals surface area contributed by atoms with Crippen LogP contribution < -0.4 is 5.32 Å². The van der Waals surface area contributed by atoms with Crippen LogP contribution in [0.25, 0.3) is 0 Å². The lowest BCUT2D eigenvalue weighted by Crippen LogP contribution is -2.24. The summed E-state index contributed by atoms with van der Waals surface area (Å²) < 4.78 is 0. The number of benzene rings is 1. The topological polar surface area (TPSA) is 12.0 Å². The number of halogens is 1. The van der Waals surface area contributed by atoms with E-state index in [1.807, 2.05) is 12.1 Å². The SMILES string of the molecule is CC[C@@H](C)NCc1ccc(Cl)cc1. The van der Waals surface area contributed by atoms with E-state index in [1.54, 1.807) is 0 Å². The minimum Gasteiger partial charge on any atom is -0.310 e. The molecule has 0 spiro atoms. The number of rotatable bonds is 4. The molecule has 0 aliphatic rings. The largest absolute Gasteiger partial charge is 0.310 e. The highest BCUT2D eigenvalue weighted by Gasteiger charge is 1.97. The molecule has 0 saturated heterocycles. The van der Waals surface area contributed by atoms with E-state index in [0.717, 1.165) is 18.0 Å². The van der Waals surface area contributed by atoms with Crippen molar-refractivity contribution in [1.29, 1.82) is 0 Å². The zero-order valence-electron chi connectivity index (χ0n) is 8.18. The minimum atomic E-state index is 0.579. The summed E-state index contributed by atoms with van der Waals surface area (Å²) in [4.78, 5) is 0. The highest BCUT2D eigenvalue weighted by atomic mass is 35.5. The molecule has 0 unspecified atom stereocenters. The Labute approximate surface area is 85.1 Å². The third-order valence-electron chi connectivity index (χ3n) is 2.18. The summed E-state index contributed by atoms with van der Waals surface area (Å²) in [6.45, 7) is 5.29. The van der Waals surface area contributed by atoms with Gasteiger partial charge in [0.15, 0.2) is 0 Å². The van der Waals surface area contributed by atoms with Crippen LogP contribution in [-0.4, -0.2) is 6.04 Å². The second-order valence-electron chi connectivity index (χ2n) is 3.32. The van der Waals surface area contributed by atoms with E-state index in [1.165, 1.54) is 5.56 Å². The third-order valence-corrected chi connectivity index (χ3v) is 2.43. The molecule has 1 aromatic carbocycles. The molecule has 72 valence electrons. The van der Waals surface area contributed by atoms with Gasteiger partial charge in [-0.25, -0.2) is 0 Å². The van der Waals surface area contributed by atoms with Crippen molar-refractivity contribution in [2.75, 3.05) is 0 Å². The van der Waals surface area contributed by atoms with Crippen molar-refractivity contribution in [3.63, 3.8) is 0 Å². The highest BCUT2D eigenvalue weighted by Crippen LogP contribution is 2.09. The van der Waals surface area contributed by atoms with Gasteiger partial charge in [0.1, 0.15) is 0 Å². The first kappa shape index (κ1) is 10.6. The van der Waals surface area contributed by atoms with E-state index in [-0.39, 0.29) is 0 Å². The zero-order chi connectivity index (χ0) is 9.68. The lowest BCUT2D eigenvalue weighted by atomic mass is 10.2. The summed E-state index contributed by atoms with van der Waals surface area (Å²) in [5.41, 5.74) is 1.28. The maximum Gasteiger partial charge on any atom is 0.0406 e. The first-order valence-electron chi connectivity index (χ1n) is 4.70. The Morgan fingerprint density at radius 2 is 1.92 bits per heavy atom. The summed E-state index contributed by atoms with van der Waals surface area (Å²) in [6.07, 6.45) is 1.16. The van der Waals surface area contributed by atoms with Crippen molar-refractivity contribution in [2.45, 2.75) is 32.9 Å². The fourth-order valence-electron chi connectivity index (χ4n) is 1.04. The van der Waals surface area contributed by atoms with Crippen molar-refractivity contribution >= 4 is 11.6 Å². The molecule has 0 aromatic heterocycles. The average molecular weight is 198 g/mol. The van der Waals surface area contributed by atoms with E-state index in [9.17, 15) is 0 Å². The van der Waals surface area contributed by atoms with E-state index in [0.29, 0.717) is 6.04 Å². The van der Waals surface area contributed by atoms with E-state index < -0.39 is 0 Å². The standard InChI is InChI=1S/C11H16ClN/c1-3-9(2)13-8-10-4-6-11(12)7-5-10/h4-7,9,13H,3,8H2,1-2H3/t9-/m1/s1. The normalized spacial score (nSPS) is 12.8. The lowest BCUT2D eigenvalue weighted by Gasteiger charge is -2.10. The van der Waals surface area contributed by atoms with Crippen LogP contribution in [0.4, 0.5) is 0 Å². The quantitative estimate of drug-likeness (QED) is 0.782. The molecule has 0 fully saturated rings. The van der Waals surface area contributed by atoms with Gasteiger partial charge in [0.05, 0.1) is 0 Å². The summed E-state index contributed by atoms with van der Waals surface area (Å²) in [5, 5.41) is 4.22. The van der Waals surface area contributed by atoms with Crippen LogP contribution in [0.3, 0.4) is 0 Å². The summed E-state index contributed by atoms with van der Waals surface area (Å²) in [7, 11) is 0. The Morgan fingerprint density at radius 1 is 1.31 bits per heavy atom. The van der Waals surface area contributed by atoms with Gasteiger partial charge in [-0.3, -0.25) is 0 Å². The summed E-state index contributed by atoms with van der Waals surface area (Å²) in [5.74, 6) is 0. The van der Waals surface area contributed by atoms with Crippen LogP contribution in [0, 0.1) is 0 Å². The van der Waals surface area contributed by atoms with Crippen LogP contribution >= 0.6 is 11.6 Å². The molecule has 0 radical (unpaired) electrons. The molecule has 1 aromatic rings. The van der Waals surface area contributed by atoms with Crippen molar-refractivity contribution in [2.24, 2.45) is 0 Å². The second-order valence-corrected chi connectivity index (χ2v) is 3.75. The smallest absolute Gasteiger partial charge is 0.0406 e. The molecule has 0 aliphatic heterocycles. The zero-order valence-corrected chi connectivity index (χ0v) is 8.93. The van der Waals surface area contributed by atoms with Crippen LogP contribution in [-0.2, 0) is 6.54 Å². The molecule has 0 amide bonds. The Morgan fingerprint density at radius 3 is 2.46 bits per heavy atom. The van der Waals surface area contributed by atoms with Gasteiger partial charge in [0.25, 0.3) is 0 Å². The van der Waals surface area contributed by atoms with Crippen molar-refractivity contribution in [3.8, 4) is 0 Å². The Balaban J connectivity index is 2.41. The lowest BCUT2D eigenvalue weighted by molar-refractivity contribution is 0.534. The Hall–Kier alpha value is -0.530. The first-order chi connectivity index (χ1) is 6.22. The van der Waals surface area contributed by atoms with Crippen LogP contribution in [0.5, 0.6) is 0 Å². The maximum absolute atomic E-state index is 5.78. The molecule has 0 heterocycles. The second kappa shape index (κ2) is 5.25. The highest BCUT2D eigenvalue weighted by molar-refractivity contribution is 6.30. The monoisotopic (exact) mass is 197 g/mol. The van der Waals surface area contributed by atoms with Gasteiger partial charge in [0, 0.05) is 17.6 Å². The molecule has 1 N–H and O–H groups in total. The Kier molecular flexibility index (Phi) is 4.26. The van der Waals surface area contributed by atoms with E-state index >= 15 is 0 Å². The van der Waals surface area contributed by atoms with Gasteiger partial charge in [-0.1, -0.05) is 30.7 Å². The van der Waals surface area contributed by atoms with Gasteiger partial charge in [-0.2, -0.15) is 0 Å². The number of nitrogens with one attached hydrogen (secondary N) is 1. The van der Waals surface area contributed by atoms with Crippen molar-refractivity contribution in [3.05, 3.63) is 34.9 Å². The van der Waals surface area contributed by atoms with Gasteiger partial charge in [-0.15, -0.1) is 0 Å². The summed E-state index contributed by atoms with van der Waals surface area (Å²) >= 11 is 5.78. The van der Waals surface area contributed by atoms with E-state index in [2.05, 4.69) is 31.3 Å². The minimum absolute atomic E-state index is 0.579. The third kappa shape index (κ3) is 3.79. The maximum atomic E-state index is 5.78. The van der Waals surface area contributed by atoms with Crippen LogP contribution in [0.2, 0.25) is 5.02 Å². The molecule has 1 atom stereocenters. The Bertz CT molecular complexity index is 243. The van der Waals surface area contributed by atoms with Crippen LogP contribution in [0.1, 0.15) is 25.8 Å². The van der Waals surface area contributed by atoms with Gasteiger partial charge < -0.3 is 5.32 Å². The van der Waals surface area contributed by atoms with Crippen LogP contribution in [0.15, 0.2) is 24.3 Å². The molecule has 0 bridgehead atoms. The molecule has 1 rings (SSSR count). The molecule has 1 nitrogen and oxygen atoms in total. The van der Waals surface area contributed by atoms with E-state index in [4.69, 9.17) is 11.6 Å². The molecular formula is C11H16ClN. The number of hydrogen-bond acceptors (Lipinski definition) is 1. The molecule has 0 aliphatic carbocycles. The van der Waals surface area contributed by atoms with Crippen molar-refractivity contribution in [1.82, 2.24) is 5.32 Å². The van der Waals surface area contributed by atoms with Gasteiger partial charge in [-0.05, 0) is 31.0 Å². The average Bonchev–Trinajstić information content (AvgIpc) is 2.16. The molecule has 0 saturated carbocycles. The first-order valence-corrected chi connectivity index (χ1v) is 5.08. The predicted octanol–water partition coefficient (Wildman–Crippen LogP) is 3.23. The molecule has 13 heavy (non-hydrogen) atoms. The predicted molar refractivity (Wildman–Crippen MR) is 58.0 cm³/mol. The molecular weight excluding hydrogens is 182 g/mol. The number of hydrogen-bond donors (Lipinski definition) is 1. The fraction of sp³-hybridized carbons (Fsp3) is 0.455. The molecule has 2 heteroatoms. The van der Waals surface area contributed by atoms with Crippen molar-refractivity contribution < 1.29 is 0 Å². The fourth-order valence-corrected chi connectivity index (χ4v) is 1.16. The van der Waals surface area contributed by atoms with Gasteiger partial charge in [0.2, 0.25) is 0 Å².